The van der Waals surface area contributed by atoms with Crippen LogP contribution >= 0.6 is 0 Å². The van der Waals surface area contributed by atoms with Crippen LogP contribution in [0, 0.1) is 22.7 Å². The highest BCUT2D eigenvalue weighted by Gasteiger charge is 2.44. The fourth-order valence-electron chi connectivity index (χ4n) is 4.95. The summed E-state index contributed by atoms with van der Waals surface area (Å²) in [6.07, 6.45) is 5.43. The van der Waals surface area contributed by atoms with Crippen LogP contribution in [-0.2, 0) is 19.8 Å². The van der Waals surface area contributed by atoms with Crippen molar-refractivity contribution in [2.45, 2.75) is 62.4 Å². The summed E-state index contributed by atoms with van der Waals surface area (Å²) in [5.41, 5.74) is -1.36. The Labute approximate surface area is 193 Å². The molecule has 174 valence electrons. The van der Waals surface area contributed by atoms with Crippen LogP contribution in [0.5, 0.6) is 0 Å². The maximum Gasteiger partial charge on any atom is 0.327 e. The highest BCUT2D eigenvalue weighted by Crippen LogP contribution is 2.40. The monoisotopic (exact) mass is 470 g/mol. The molecule has 4 rings (SSSR count). The second kappa shape index (κ2) is 8.56. The maximum absolute atomic E-state index is 13.4. The summed E-state index contributed by atoms with van der Waals surface area (Å²) in [5.74, 6) is -1.14. The Balaban J connectivity index is 1.53. The van der Waals surface area contributed by atoms with Gasteiger partial charge in [0.2, 0.25) is 11.8 Å². The van der Waals surface area contributed by atoms with Crippen molar-refractivity contribution in [2.24, 2.45) is 0 Å². The van der Waals surface area contributed by atoms with Crippen LogP contribution in [0.15, 0.2) is 24.3 Å². The van der Waals surface area contributed by atoms with Crippen LogP contribution < -0.4 is 19.2 Å². The first-order chi connectivity index (χ1) is 15.7. The molecular weight excluding hydrogens is 444 g/mol. The number of nitrogens with zero attached hydrogens (tertiary/aromatic N) is 4. The summed E-state index contributed by atoms with van der Waals surface area (Å²) in [6.45, 7) is -0.994. The Morgan fingerprint density at radius 1 is 0.818 bits per heavy atom. The molecule has 1 heterocycles. The number of carbonyl (C=O) groups excluding carboxylic acids is 2. The number of hydrogen-bond donors (Lipinski definition) is 2. The molecule has 3 aliphatic rings. The standard InChI is InChI=1S/C22H26N6O4S/c23-15-21(9-3-4-10-21)25-19(29)13-27-17-7-1-2-8-18(17)28(33(27,31)32)14-20(30)26-22(16-24)11-5-6-12-22/h1-2,7-8H,3-6,9-14H2,(H,25,29)(H,26,30). The number of para-hydroxylation sites is 2. The molecule has 2 saturated carbocycles. The van der Waals surface area contributed by atoms with Gasteiger partial charge in [0.25, 0.3) is 0 Å². The van der Waals surface area contributed by atoms with Crippen molar-refractivity contribution in [3.63, 3.8) is 0 Å². The molecule has 0 atom stereocenters. The Morgan fingerprint density at radius 3 is 1.52 bits per heavy atom. The van der Waals surface area contributed by atoms with Gasteiger partial charge in [0.15, 0.2) is 0 Å². The number of carbonyl (C=O) groups is 2. The quantitative estimate of drug-likeness (QED) is 0.643. The lowest BCUT2D eigenvalue weighted by molar-refractivity contribution is -0.121. The Bertz CT molecular complexity index is 1060. The minimum Gasteiger partial charge on any atom is -0.336 e. The number of nitrogens with one attached hydrogen (secondary N) is 2. The SMILES string of the molecule is N#CC1(NC(=O)CN2c3ccccc3N(CC(=O)NC3(C#N)CCCC3)S2(=O)=O)CCCC1. The second-order valence-corrected chi connectivity index (χ2v) is 10.7. The third-order valence-corrected chi connectivity index (χ3v) is 8.42. The third-order valence-electron chi connectivity index (χ3n) is 6.65. The maximum atomic E-state index is 13.4. The van der Waals surface area contributed by atoms with Gasteiger partial charge in [-0.05, 0) is 63.5 Å². The molecule has 2 fully saturated rings. The Morgan fingerprint density at radius 2 is 1.18 bits per heavy atom. The molecule has 1 aliphatic heterocycles. The molecule has 0 saturated heterocycles. The highest BCUT2D eigenvalue weighted by atomic mass is 32.2. The molecule has 1 aromatic carbocycles. The van der Waals surface area contributed by atoms with Gasteiger partial charge in [-0.3, -0.25) is 9.59 Å². The van der Waals surface area contributed by atoms with Crippen molar-refractivity contribution in [3.8, 4) is 12.1 Å². The molecule has 0 spiro atoms. The third kappa shape index (κ3) is 4.21. The van der Waals surface area contributed by atoms with Crippen molar-refractivity contribution in [1.82, 2.24) is 10.6 Å². The van der Waals surface area contributed by atoms with Gasteiger partial charge in [0, 0.05) is 0 Å². The zero-order valence-electron chi connectivity index (χ0n) is 18.2. The zero-order chi connectivity index (χ0) is 23.7. The first kappa shape index (κ1) is 22.9. The van der Waals surface area contributed by atoms with E-state index in [1.54, 1.807) is 24.3 Å². The van der Waals surface area contributed by atoms with Crippen molar-refractivity contribution in [2.75, 3.05) is 21.7 Å². The van der Waals surface area contributed by atoms with E-state index in [9.17, 15) is 28.5 Å². The number of fused-ring (bicyclic) bond motifs is 1. The minimum absolute atomic E-state index is 0.286. The van der Waals surface area contributed by atoms with Crippen LogP contribution in [0.1, 0.15) is 51.4 Å². The summed E-state index contributed by atoms with van der Waals surface area (Å²) in [7, 11) is -4.22. The molecule has 2 amide bonds. The number of benzene rings is 1. The second-order valence-electron chi connectivity index (χ2n) is 8.91. The minimum atomic E-state index is -4.22. The van der Waals surface area contributed by atoms with E-state index in [1.165, 1.54) is 0 Å². The van der Waals surface area contributed by atoms with Crippen LogP contribution in [0.2, 0.25) is 0 Å². The van der Waals surface area contributed by atoms with Crippen molar-refractivity contribution < 1.29 is 18.0 Å². The summed E-state index contributed by atoms with van der Waals surface area (Å²) in [5, 5.41) is 24.5. The Kier molecular flexibility index (Phi) is 5.93. The lowest BCUT2D eigenvalue weighted by atomic mass is 10.00. The largest absolute Gasteiger partial charge is 0.336 e. The van der Waals surface area contributed by atoms with E-state index >= 15 is 0 Å². The van der Waals surface area contributed by atoms with Crippen molar-refractivity contribution in [3.05, 3.63) is 24.3 Å². The van der Waals surface area contributed by atoms with E-state index in [0.717, 1.165) is 34.3 Å². The zero-order valence-corrected chi connectivity index (χ0v) is 19.0. The Hall–Kier alpha value is -3.31. The van der Waals surface area contributed by atoms with Gasteiger partial charge in [0.1, 0.15) is 24.2 Å². The first-order valence-corrected chi connectivity index (χ1v) is 12.5. The van der Waals surface area contributed by atoms with E-state index in [-0.39, 0.29) is 11.4 Å². The number of nitriles is 2. The van der Waals surface area contributed by atoms with Crippen LogP contribution in [-0.4, -0.2) is 44.4 Å². The van der Waals surface area contributed by atoms with Gasteiger partial charge in [-0.1, -0.05) is 12.1 Å². The summed E-state index contributed by atoms with van der Waals surface area (Å²) < 4.78 is 28.6. The number of anilines is 2. The van der Waals surface area contributed by atoms with E-state index in [0.29, 0.717) is 25.7 Å². The number of rotatable bonds is 6. The fraction of sp³-hybridized carbons (Fsp3) is 0.545. The fourth-order valence-corrected chi connectivity index (χ4v) is 6.55. The molecule has 2 N–H and O–H groups in total. The van der Waals surface area contributed by atoms with E-state index < -0.39 is 46.2 Å². The van der Waals surface area contributed by atoms with Crippen LogP contribution in [0.4, 0.5) is 11.4 Å². The number of hydrogen-bond acceptors (Lipinski definition) is 6. The predicted molar refractivity (Wildman–Crippen MR) is 120 cm³/mol. The topological polar surface area (TPSA) is 146 Å². The normalized spacial score (nSPS) is 21.6. The first-order valence-electron chi connectivity index (χ1n) is 11.1. The predicted octanol–water partition coefficient (Wildman–Crippen LogP) is 1.46. The molecule has 0 unspecified atom stereocenters. The molecule has 0 aromatic heterocycles. The molecule has 2 aliphatic carbocycles. The van der Waals surface area contributed by atoms with E-state index in [1.807, 2.05) is 0 Å². The van der Waals surface area contributed by atoms with Gasteiger partial charge in [-0.25, -0.2) is 8.61 Å². The van der Waals surface area contributed by atoms with Crippen molar-refractivity contribution in [1.29, 1.82) is 10.5 Å². The smallest absolute Gasteiger partial charge is 0.327 e. The van der Waals surface area contributed by atoms with Gasteiger partial charge in [-0.15, -0.1) is 0 Å². The van der Waals surface area contributed by atoms with E-state index in [2.05, 4.69) is 22.8 Å². The summed E-state index contributed by atoms with van der Waals surface area (Å²) in [4.78, 5) is 25.5. The van der Waals surface area contributed by atoms with Crippen molar-refractivity contribution >= 4 is 33.4 Å². The average molecular weight is 471 g/mol. The molecule has 11 heteroatoms. The molecular formula is C22H26N6O4S. The lowest BCUT2D eigenvalue weighted by Gasteiger charge is -2.26. The van der Waals surface area contributed by atoms with Gasteiger partial charge >= 0.3 is 10.2 Å². The van der Waals surface area contributed by atoms with Gasteiger partial charge in [-0.2, -0.15) is 18.9 Å². The lowest BCUT2D eigenvalue weighted by Crippen LogP contribution is -2.52. The molecule has 0 radical (unpaired) electrons. The van der Waals surface area contributed by atoms with E-state index in [4.69, 9.17) is 0 Å². The van der Waals surface area contributed by atoms with Crippen LogP contribution in [0.3, 0.4) is 0 Å². The molecule has 0 bridgehead atoms. The molecule has 10 nitrogen and oxygen atoms in total. The van der Waals surface area contributed by atoms with Gasteiger partial charge < -0.3 is 10.6 Å². The average Bonchev–Trinajstić information content (AvgIpc) is 3.50. The summed E-state index contributed by atoms with van der Waals surface area (Å²) in [6, 6.07) is 10.8. The van der Waals surface area contributed by atoms with Crippen LogP contribution in [0.25, 0.3) is 0 Å². The van der Waals surface area contributed by atoms with Gasteiger partial charge in [0.05, 0.1) is 23.5 Å². The molecule has 33 heavy (non-hydrogen) atoms. The number of amides is 2. The highest BCUT2D eigenvalue weighted by molar-refractivity contribution is 7.94. The summed E-state index contributed by atoms with van der Waals surface area (Å²) >= 11 is 0. The molecule has 1 aromatic rings.